The number of amides is 1. The van der Waals surface area contributed by atoms with Crippen LogP contribution in [0.5, 0.6) is 0 Å². The highest BCUT2D eigenvalue weighted by atomic mass is 35.5. The normalized spacial score (nSPS) is 11.1. The number of H-pyrrole nitrogens is 2. The van der Waals surface area contributed by atoms with Gasteiger partial charge in [-0.1, -0.05) is 11.6 Å². The Balaban J connectivity index is 1.73. The molecule has 3 aromatic heterocycles. The first kappa shape index (κ1) is 12.7. The van der Waals surface area contributed by atoms with Crippen LogP contribution in [0.3, 0.4) is 0 Å². The molecule has 0 spiro atoms. The molecule has 0 unspecified atom stereocenters. The van der Waals surface area contributed by atoms with Gasteiger partial charge in [0.15, 0.2) is 11.0 Å². The summed E-state index contributed by atoms with van der Waals surface area (Å²) in [6.07, 6.45) is 1.67. The number of carbonyl (C=O) groups excluding carboxylic acids is 1. The van der Waals surface area contributed by atoms with Gasteiger partial charge in [-0.15, -0.1) is 10.2 Å². The number of nitrogens with one attached hydrogen (secondary N) is 3. The van der Waals surface area contributed by atoms with Crippen LogP contribution in [0, 0.1) is 0 Å². The predicted molar refractivity (Wildman–Crippen MR) is 80.7 cm³/mol. The number of hydrogen-bond acceptors (Lipinski definition) is 5. The van der Waals surface area contributed by atoms with Gasteiger partial charge in [0.1, 0.15) is 11.2 Å². The minimum atomic E-state index is -0.359. The van der Waals surface area contributed by atoms with Crippen LogP contribution < -0.4 is 5.32 Å². The summed E-state index contributed by atoms with van der Waals surface area (Å²) >= 11 is 5.66. The van der Waals surface area contributed by atoms with E-state index in [2.05, 4.69) is 35.9 Å². The minimum Gasteiger partial charge on any atom is -0.304 e. The number of fused-ring (bicyclic) bond motifs is 3. The third-order valence-electron chi connectivity index (χ3n) is 3.25. The zero-order valence-corrected chi connectivity index (χ0v) is 11.7. The molecule has 0 aliphatic heterocycles. The molecular weight excluding hydrogens is 306 g/mol. The smallest absolute Gasteiger partial charge is 0.275 e. The van der Waals surface area contributed by atoms with Gasteiger partial charge in [0.2, 0.25) is 0 Å². The Kier molecular flexibility index (Phi) is 2.76. The maximum atomic E-state index is 12.3. The fourth-order valence-electron chi connectivity index (χ4n) is 2.23. The maximum absolute atomic E-state index is 12.3. The Morgan fingerprint density at radius 3 is 2.82 bits per heavy atom. The molecule has 8 nitrogen and oxygen atoms in total. The summed E-state index contributed by atoms with van der Waals surface area (Å²) in [6, 6.07) is 6.77. The van der Waals surface area contributed by atoms with Crippen molar-refractivity contribution in [2.45, 2.75) is 0 Å². The van der Waals surface area contributed by atoms with Crippen molar-refractivity contribution < 1.29 is 4.79 Å². The van der Waals surface area contributed by atoms with E-state index in [0.29, 0.717) is 22.4 Å². The topological polar surface area (TPSA) is 112 Å². The molecule has 0 saturated carbocycles. The quantitative estimate of drug-likeness (QED) is 0.525. The number of aromatic amines is 2. The van der Waals surface area contributed by atoms with Gasteiger partial charge in [0, 0.05) is 10.8 Å². The highest BCUT2D eigenvalue weighted by Crippen LogP contribution is 2.24. The lowest BCUT2D eigenvalue weighted by Crippen LogP contribution is -2.14. The van der Waals surface area contributed by atoms with Crippen molar-refractivity contribution in [3.8, 4) is 0 Å². The summed E-state index contributed by atoms with van der Waals surface area (Å²) in [6.45, 7) is 0. The van der Waals surface area contributed by atoms with Crippen molar-refractivity contribution in [2.75, 3.05) is 5.32 Å². The van der Waals surface area contributed by atoms with Crippen molar-refractivity contribution in [1.82, 2.24) is 30.6 Å². The second-order valence-corrected chi connectivity index (χ2v) is 4.97. The summed E-state index contributed by atoms with van der Waals surface area (Å²) in [5.41, 5.74) is 1.88. The van der Waals surface area contributed by atoms with Gasteiger partial charge < -0.3 is 5.32 Å². The third kappa shape index (κ3) is 1.97. The molecule has 0 saturated heterocycles. The average molecular weight is 314 g/mol. The third-order valence-corrected chi connectivity index (χ3v) is 3.45. The summed E-state index contributed by atoms with van der Waals surface area (Å²) < 4.78 is 0. The van der Waals surface area contributed by atoms with Gasteiger partial charge in [-0.3, -0.25) is 15.0 Å². The molecule has 108 valence electrons. The molecule has 22 heavy (non-hydrogen) atoms. The molecule has 3 N–H and O–H groups in total. The van der Waals surface area contributed by atoms with Gasteiger partial charge in [-0.25, -0.2) is 0 Å². The molecule has 4 rings (SSSR count). The summed E-state index contributed by atoms with van der Waals surface area (Å²) in [5, 5.41) is 25.7. The van der Waals surface area contributed by atoms with E-state index >= 15 is 0 Å². The zero-order chi connectivity index (χ0) is 15.1. The van der Waals surface area contributed by atoms with Crippen molar-refractivity contribution >= 4 is 45.1 Å². The molecule has 9 heteroatoms. The second kappa shape index (κ2) is 4.78. The molecule has 0 atom stereocenters. The van der Waals surface area contributed by atoms with E-state index in [4.69, 9.17) is 11.6 Å². The van der Waals surface area contributed by atoms with Crippen LogP contribution in [0.2, 0.25) is 5.15 Å². The van der Waals surface area contributed by atoms with Gasteiger partial charge >= 0.3 is 0 Å². The molecule has 3 heterocycles. The number of anilines is 1. The van der Waals surface area contributed by atoms with Crippen LogP contribution in [0.15, 0.2) is 30.5 Å². The summed E-state index contributed by atoms with van der Waals surface area (Å²) in [4.78, 5) is 12.3. The molecule has 4 aromatic rings. The van der Waals surface area contributed by atoms with E-state index in [0.717, 1.165) is 10.9 Å². The monoisotopic (exact) mass is 313 g/mol. The first-order chi connectivity index (χ1) is 10.7. The van der Waals surface area contributed by atoms with Crippen LogP contribution in [0.25, 0.3) is 21.8 Å². The van der Waals surface area contributed by atoms with E-state index in [1.54, 1.807) is 18.3 Å². The Morgan fingerprint density at radius 1 is 1.09 bits per heavy atom. The van der Waals surface area contributed by atoms with E-state index in [9.17, 15) is 4.79 Å². The Hall–Kier alpha value is -3.00. The number of nitrogens with zero attached hydrogens (tertiary/aromatic N) is 4. The standard InChI is InChI=1S/C13H8ClN7O/c14-9-3-4-10(19-18-9)16-13(22)12-6-1-2-8-7(5-15-17-8)11(6)20-21-12/h1-5H,(H,15,17)(H,20,21)(H,16,19,22). The Labute approximate surface area is 127 Å². The number of hydrogen-bond donors (Lipinski definition) is 3. The van der Waals surface area contributed by atoms with E-state index in [1.165, 1.54) is 0 Å². The van der Waals surface area contributed by atoms with Gasteiger partial charge in [-0.2, -0.15) is 10.2 Å². The number of rotatable bonds is 2. The molecule has 0 bridgehead atoms. The summed E-state index contributed by atoms with van der Waals surface area (Å²) in [5.74, 6) is -0.0523. The number of aromatic nitrogens is 6. The first-order valence-corrected chi connectivity index (χ1v) is 6.71. The van der Waals surface area contributed by atoms with E-state index in [-0.39, 0.29) is 11.1 Å². The maximum Gasteiger partial charge on any atom is 0.275 e. The van der Waals surface area contributed by atoms with E-state index in [1.807, 2.05) is 12.1 Å². The van der Waals surface area contributed by atoms with Gasteiger partial charge in [-0.05, 0) is 24.3 Å². The van der Waals surface area contributed by atoms with Crippen LogP contribution >= 0.6 is 11.6 Å². The minimum absolute atomic E-state index is 0.257. The highest BCUT2D eigenvalue weighted by Gasteiger charge is 2.16. The van der Waals surface area contributed by atoms with Crippen LogP contribution in [-0.4, -0.2) is 36.5 Å². The lowest BCUT2D eigenvalue weighted by Gasteiger charge is -2.02. The SMILES string of the molecule is O=C(Nc1ccc(Cl)nn1)c1[nH]nc2c1ccc1[nH]ncc12. The Bertz CT molecular complexity index is 989. The fourth-order valence-corrected chi connectivity index (χ4v) is 2.33. The molecule has 0 radical (unpaired) electrons. The zero-order valence-electron chi connectivity index (χ0n) is 11.0. The van der Waals surface area contributed by atoms with Crippen molar-refractivity contribution in [1.29, 1.82) is 0 Å². The van der Waals surface area contributed by atoms with Gasteiger partial charge in [0.05, 0.1) is 11.7 Å². The van der Waals surface area contributed by atoms with Crippen LogP contribution in [0.4, 0.5) is 5.82 Å². The van der Waals surface area contributed by atoms with Crippen molar-refractivity contribution in [2.24, 2.45) is 0 Å². The van der Waals surface area contributed by atoms with Crippen molar-refractivity contribution in [3.63, 3.8) is 0 Å². The van der Waals surface area contributed by atoms with Crippen LogP contribution in [-0.2, 0) is 0 Å². The molecule has 1 amide bonds. The second-order valence-electron chi connectivity index (χ2n) is 4.59. The van der Waals surface area contributed by atoms with Gasteiger partial charge in [0.25, 0.3) is 5.91 Å². The van der Waals surface area contributed by atoms with Crippen molar-refractivity contribution in [3.05, 3.63) is 41.3 Å². The molecule has 0 aliphatic carbocycles. The molecule has 0 fully saturated rings. The number of carbonyl (C=O) groups is 1. The number of halogens is 1. The molecule has 1 aromatic carbocycles. The predicted octanol–water partition coefficient (Wildman–Crippen LogP) is 2.13. The highest BCUT2D eigenvalue weighted by molar-refractivity contribution is 6.29. The largest absolute Gasteiger partial charge is 0.304 e. The van der Waals surface area contributed by atoms with Crippen LogP contribution in [0.1, 0.15) is 10.5 Å². The fraction of sp³-hybridized carbons (Fsp3) is 0. The molecular formula is C13H8ClN7O. The lowest BCUT2D eigenvalue weighted by atomic mass is 10.1. The number of benzene rings is 1. The molecule has 0 aliphatic rings. The average Bonchev–Trinajstić information content (AvgIpc) is 3.14. The first-order valence-electron chi connectivity index (χ1n) is 6.33. The Morgan fingerprint density at radius 2 is 2.00 bits per heavy atom. The summed E-state index contributed by atoms with van der Waals surface area (Å²) in [7, 11) is 0. The van der Waals surface area contributed by atoms with E-state index < -0.39 is 0 Å². The lowest BCUT2D eigenvalue weighted by molar-refractivity contribution is 0.102.